The summed E-state index contributed by atoms with van der Waals surface area (Å²) < 4.78 is 18.5. The number of ether oxygens (including phenoxy) is 1. The smallest absolute Gasteiger partial charge is 0.220 e. The summed E-state index contributed by atoms with van der Waals surface area (Å²) in [5.74, 6) is 0.687. The van der Waals surface area contributed by atoms with Gasteiger partial charge in [0.1, 0.15) is 11.6 Å². The first-order valence-electron chi connectivity index (χ1n) is 8.86. The van der Waals surface area contributed by atoms with E-state index in [9.17, 15) is 9.18 Å². The van der Waals surface area contributed by atoms with Crippen LogP contribution in [0, 0.1) is 5.82 Å². The van der Waals surface area contributed by atoms with Gasteiger partial charge in [-0.15, -0.1) is 0 Å². The molecule has 4 heteroatoms. The normalized spacial score (nSPS) is 14.8. The van der Waals surface area contributed by atoms with Crippen LogP contribution in [0.15, 0.2) is 48.5 Å². The zero-order valence-electron chi connectivity index (χ0n) is 14.6. The molecule has 132 valence electrons. The Balaban J connectivity index is 1.46. The van der Waals surface area contributed by atoms with Crippen LogP contribution in [0.5, 0.6) is 5.75 Å². The van der Waals surface area contributed by atoms with Gasteiger partial charge in [-0.05, 0) is 61.6 Å². The summed E-state index contributed by atoms with van der Waals surface area (Å²) in [5, 5.41) is 3.04. The largest absolute Gasteiger partial charge is 0.494 e. The van der Waals surface area contributed by atoms with E-state index in [0.29, 0.717) is 26.0 Å². The van der Waals surface area contributed by atoms with E-state index in [1.807, 2.05) is 43.3 Å². The van der Waals surface area contributed by atoms with Gasteiger partial charge in [0.15, 0.2) is 0 Å². The third kappa shape index (κ3) is 4.59. The summed E-state index contributed by atoms with van der Waals surface area (Å²) in [4.78, 5) is 12.1. The molecule has 0 aliphatic heterocycles. The molecule has 0 spiro atoms. The Kier molecular flexibility index (Phi) is 5.37. The average Bonchev–Trinajstić information content (AvgIpc) is 3.41. The van der Waals surface area contributed by atoms with Crippen molar-refractivity contribution in [2.45, 2.75) is 38.0 Å². The third-order valence-electron chi connectivity index (χ3n) is 4.81. The van der Waals surface area contributed by atoms with Crippen LogP contribution < -0.4 is 10.1 Å². The Labute approximate surface area is 148 Å². The molecule has 25 heavy (non-hydrogen) atoms. The van der Waals surface area contributed by atoms with Gasteiger partial charge in [0.25, 0.3) is 0 Å². The van der Waals surface area contributed by atoms with Gasteiger partial charge in [0.2, 0.25) is 5.91 Å². The number of nitrogens with one attached hydrogen (secondary N) is 1. The highest BCUT2D eigenvalue weighted by molar-refractivity contribution is 5.76. The Morgan fingerprint density at radius 3 is 2.40 bits per heavy atom. The number of carbonyl (C=O) groups is 1. The van der Waals surface area contributed by atoms with E-state index in [1.54, 1.807) is 0 Å². The standard InChI is InChI=1S/C21H24FNO2/c1-2-25-19-10-3-16(4-11-19)5-12-20(24)23-15-21(13-14-21)17-6-8-18(22)9-7-17/h3-4,6-11H,2,5,12-15H2,1H3,(H,23,24). The molecule has 0 unspecified atom stereocenters. The van der Waals surface area contributed by atoms with Crippen LogP contribution >= 0.6 is 0 Å². The first kappa shape index (κ1) is 17.5. The van der Waals surface area contributed by atoms with Gasteiger partial charge in [-0.1, -0.05) is 24.3 Å². The summed E-state index contributed by atoms with van der Waals surface area (Å²) in [6.45, 7) is 3.23. The first-order chi connectivity index (χ1) is 12.1. The molecule has 0 atom stereocenters. The Hall–Kier alpha value is -2.36. The molecule has 3 rings (SSSR count). The van der Waals surface area contributed by atoms with Crippen LogP contribution in [0.4, 0.5) is 4.39 Å². The molecular weight excluding hydrogens is 317 g/mol. The molecule has 2 aromatic carbocycles. The molecule has 2 aromatic rings. The fourth-order valence-electron chi connectivity index (χ4n) is 3.05. The maximum absolute atomic E-state index is 13.1. The number of halogens is 1. The van der Waals surface area contributed by atoms with Crippen molar-refractivity contribution in [3.05, 3.63) is 65.5 Å². The Morgan fingerprint density at radius 2 is 1.80 bits per heavy atom. The van der Waals surface area contributed by atoms with E-state index in [4.69, 9.17) is 4.74 Å². The van der Waals surface area contributed by atoms with Crippen molar-refractivity contribution in [1.29, 1.82) is 0 Å². The zero-order valence-corrected chi connectivity index (χ0v) is 14.6. The van der Waals surface area contributed by atoms with Gasteiger partial charge < -0.3 is 10.1 Å². The first-order valence-corrected chi connectivity index (χ1v) is 8.86. The SMILES string of the molecule is CCOc1ccc(CCC(=O)NCC2(c3ccc(F)cc3)CC2)cc1. The molecule has 1 amide bonds. The van der Waals surface area contributed by atoms with Crippen LogP contribution in [-0.4, -0.2) is 19.1 Å². The van der Waals surface area contributed by atoms with Gasteiger partial charge in [-0.25, -0.2) is 4.39 Å². The van der Waals surface area contributed by atoms with Crippen molar-refractivity contribution in [2.75, 3.05) is 13.2 Å². The van der Waals surface area contributed by atoms with Crippen LogP contribution in [0.25, 0.3) is 0 Å². The molecule has 1 aliphatic carbocycles. The maximum atomic E-state index is 13.1. The summed E-state index contributed by atoms with van der Waals surface area (Å²) >= 11 is 0. The Bertz CT molecular complexity index is 706. The van der Waals surface area contributed by atoms with E-state index < -0.39 is 0 Å². The summed E-state index contributed by atoms with van der Waals surface area (Å²) in [6.07, 6.45) is 3.25. The molecule has 1 N–H and O–H groups in total. The molecule has 0 aromatic heterocycles. The molecular formula is C21H24FNO2. The van der Waals surface area contributed by atoms with E-state index in [-0.39, 0.29) is 17.1 Å². The van der Waals surface area contributed by atoms with Crippen LogP contribution in [-0.2, 0) is 16.6 Å². The van der Waals surface area contributed by atoms with Crippen molar-refractivity contribution < 1.29 is 13.9 Å². The van der Waals surface area contributed by atoms with Gasteiger partial charge in [0, 0.05) is 18.4 Å². The highest BCUT2D eigenvalue weighted by Crippen LogP contribution is 2.47. The van der Waals surface area contributed by atoms with Gasteiger partial charge in [0.05, 0.1) is 6.61 Å². The fourth-order valence-corrected chi connectivity index (χ4v) is 3.05. The minimum Gasteiger partial charge on any atom is -0.494 e. The predicted octanol–water partition coefficient (Wildman–Crippen LogP) is 4.01. The van der Waals surface area contributed by atoms with Crippen molar-refractivity contribution in [3.63, 3.8) is 0 Å². The number of carbonyl (C=O) groups excluding carboxylic acids is 1. The number of aryl methyl sites for hydroxylation is 1. The quantitative estimate of drug-likeness (QED) is 0.788. The second kappa shape index (κ2) is 7.68. The monoisotopic (exact) mass is 341 g/mol. The fraction of sp³-hybridized carbons (Fsp3) is 0.381. The van der Waals surface area contributed by atoms with Crippen LogP contribution in [0.1, 0.15) is 37.3 Å². The average molecular weight is 341 g/mol. The van der Waals surface area contributed by atoms with E-state index >= 15 is 0 Å². The molecule has 3 nitrogen and oxygen atoms in total. The lowest BCUT2D eigenvalue weighted by Gasteiger charge is -2.16. The molecule has 0 radical (unpaired) electrons. The molecule has 0 saturated heterocycles. The van der Waals surface area contributed by atoms with Crippen LogP contribution in [0.2, 0.25) is 0 Å². The lowest BCUT2D eigenvalue weighted by Crippen LogP contribution is -2.32. The molecule has 1 aliphatic rings. The number of amides is 1. The summed E-state index contributed by atoms with van der Waals surface area (Å²) in [7, 11) is 0. The summed E-state index contributed by atoms with van der Waals surface area (Å²) in [6, 6.07) is 14.5. The number of rotatable bonds is 8. The second-order valence-corrected chi connectivity index (χ2v) is 6.64. The van der Waals surface area contributed by atoms with Crippen molar-refractivity contribution in [1.82, 2.24) is 5.32 Å². The number of hydrogen-bond acceptors (Lipinski definition) is 2. The lowest BCUT2D eigenvalue weighted by atomic mass is 9.96. The van der Waals surface area contributed by atoms with Gasteiger partial charge >= 0.3 is 0 Å². The van der Waals surface area contributed by atoms with Crippen LogP contribution in [0.3, 0.4) is 0 Å². The lowest BCUT2D eigenvalue weighted by molar-refractivity contribution is -0.121. The number of hydrogen-bond donors (Lipinski definition) is 1. The highest BCUT2D eigenvalue weighted by Gasteiger charge is 2.44. The maximum Gasteiger partial charge on any atom is 0.220 e. The number of benzene rings is 2. The molecule has 1 fully saturated rings. The van der Waals surface area contributed by atoms with Crippen molar-refractivity contribution in [3.8, 4) is 5.75 Å². The van der Waals surface area contributed by atoms with E-state index in [1.165, 1.54) is 12.1 Å². The van der Waals surface area contributed by atoms with E-state index in [0.717, 1.165) is 29.7 Å². The van der Waals surface area contributed by atoms with Crippen molar-refractivity contribution >= 4 is 5.91 Å². The molecule has 1 saturated carbocycles. The summed E-state index contributed by atoms with van der Waals surface area (Å²) in [5.41, 5.74) is 2.24. The van der Waals surface area contributed by atoms with Gasteiger partial charge in [-0.3, -0.25) is 4.79 Å². The topological polar surface area (TPSA) is 38.3 Å². The minimum absolute atomic E-state index is 0.00248. The molecule has 0 bridgehead atoms. The van der Waals surface area contributed by atoms with Gasteiger partial charge in [-0.2, -0.15) is 0 Å². The Morgan fingerprint density at radius 1 is 1.12 bits per heavy atom. The third-order valence-corrected chi connectivity index (χ3v) is 4.81. The molecule has 0 heterocycles. The van der Waals surface area contributed by atoms with Crippen molar-refractivity contribution in [2.24, 2.45) is 0 Å². The predicted molar refractivity (Wildman–Crippen MR) is 96.3 cm³/mol. The minimum atomic E-state index is -0.223. The van der Waals surface area contributed by atoms with E-state index in [2.05, 4.69) is 5.32 Å². The highest BCUT2D eigenvalue weighted by atomic mass is 19.1. The zero-order chi connectivity index (χ0) is 17.7. The second-order valence-electron chi connectivity index (χ2n) is 6.64.